The summed E-state index contributed by atoms with van der Waals surface area (Å²) < 4.78 is 5.93. The van der Waals surface area contributed by atoms with Crippen LogP contribution < -0.4 is 10.6 Å². The second-order valence-electron chi connectivity index (χ2n) is 7.30. The Balaban J connectivity index is 1.36. The van der Waals surface area contributed by atoms with Gasteiger partial charge in [0.25, 0.3) is 0 Å². The summed E-state index contributed by atoms with van der Waals surface area (Å²) in [4.78, 5) is 10.0. The van der Waals surface area contributed by atoms with Gasteiger partial charge in [0.05, 0.1) is 5.69 Å². The molecule has 4 nitrogen and oxygen atoms in total. The third-order valence-corrected chi connectivity index (χ3v) is 6.24. The van der Waals surface area contributed by atoms with Gasteiger partial charge in [-0.1, -0.05) is 61.7 Å². The fraction of sp³-hybridized carbons (Fsp3) is 0.348. The molecule has 146 valence electrons. The van der Waals surface area contributed by atoms with Crippen LogP contribution in [0, 0.1) is 5.92 Å². The zero-order valence-electron chi connectivity index (χ0n) is 15.9. The number of rotatable bonds is 7. The van der Waals surface area contributed by atoms with E-state index in [4.69, 9.17) is 15.5 Å². The molecule has 1 saturated carbocycles. The molecule has 0 aliphatic heterocycles. The largest absolute Gasteiger partial charge is 0.486 e. The van der Waals surface area contributed by atoms with Gasteiger partial charge in [-0.3, -0.25) is 4.84 Å². The second-order valence-corrected chi connectivity index (χ2v) is 8.25. The summed E-state index contributed by atoms with van der Waals surface area (Å²) in [5, 5.41) is 3.04. The van der Waals surface area contributed by atoms with Crippen LogP contribution in [0.2, 0.25) is 0 Å². The van der Waals surface area contributed by atoms with Gasteiger partial charge in [0, 0.05) is 10.9 Å². The lowest BCUT2D eigenvalue weighted by Crippen LogP contribution is -2.21. The first-order chi connectivity index (χ1) is 13.8. The highest BCUT2D eigenvalue weighted by Gasteiger charge is 2.25. The number of aromatic nitrogens is 1. The molecule has 28 heavy (non-hydrogen) atoms. The van der Waals surface area contributed by atoms with E-state index >= 15 is 0 Å². The fourth-order valence-corrected chi connectivity index (χ4v) is 4.63. The van der Waals surface area contributed by atoms with Crippen LogP contribution >= 0.6 is 11.3 Å². The van der Waals surface area contributed by atoms with Crippen LogP contribution in [0.1, 0.15) is 48.8 Å². The van der Waals surface area contributed by atoms with Crippen molar-refractivity contribution < 1.29 is 9.57 Å². The molecule has 0 bridgehead atoms. The maximum atomic E-state index is 5.93. The predicted molar refractivity (Wildman–Crippen MR) is 113 cm³/mol. The first kappa shape index (κ1) is 19.1. The average molecular weight is 395 g/mol. The highest BCUT2D eigenvalue weighted by atomic mass is 32.1. The minimum atomic E-state index is -0.0262. The number of ether oxygens (including phenoxy) is 1. The van der Waals surface area contributed by atoms with Crippen molar-refractivity contribution in [2.24, 2.45) is 11.8 Å². The van der Waals surface area contributed by atoms with Crippen LogP contribution in [0.5, 0.6) is 5.75 Å². The number of thiazole rings is 1. The highest BCUT2D eigenvalue weighted by Crippen LogP contribution is 2.36. The van der Waals surface area contributed by atoms with E-state index in [0.717, 1.165) is 27.6 Å². The summed E-state index contributed by atoms with van der Waals surface area (Å²) in [6.45, 7) is 0.469. The average Bonchev–Trinajstić information content (AvgIpc) is 3.24. The lowest BCUT2D eigenvalue weighted by molar-refractivity contribution is -0.00278. The molecule has 1 fully saturated rings. The predicted octanol–water partition coefficient (Wildman–Crippen LogP) is 5.90. The summed E-state index contributed by atoms with van der Waals surface area (Å²) >= 11 is 1.62. The Bertz CT molecular complexity index is 858. The molecule has 0 amide bonds. The quantitative estimate of drug-likeness (QED) is 0.507. The monoisotopic (exact) mass is 394 g/mol. The van der Waals surface area contributed by atoms with Crippen molar-refractivity contribution in [3.05, 3.63) is 70.5 Å². The molecule has 1 atom stereocenters. The maximum Gasteiger partial charge on any atom is 0.140 e. The minimum absolute atomic E-state index is 0.0262. The first-order valence-electron chi connectivity index (χ1n) is 9.91. The van der Waals surface area contributed by atoms with Crippen LogP contribution in [0.3, 0.4) is 0 Å². The molecule has 1 heterocycles. The SMILES string of the molecule is NOC(c1ccc(OCc2nc(-c3ccccc3)cs2)cc1)C1CCCCC1. The second kappa shape index (κ2) is 9.32. The van der Waals surface area contributed by atoms with Crippen molar-refractivity contribution >= 4 is 11.3 Å². The number of nitrogens with zero attached hydrogens (tertiary/aromatic N) is 1. The van der Waals surface area contributed by atoms with Crippen LogP contribution in [-0.4, -0.2) is 4.98 Å². The topological polar surface area (TPSA) is 57.4 Å². The molecular formula is C23H26N2O2S. The van der Waals surface area contributed by atoms with Gasteiger partial charge in [0.2, 0.25) is 0 Å². The van der Waals surface area contributed by atoms with Crippen molar-refractivity contribution in [2.45, 2.75) is 44.8 Å². The summed E-state index contributed by atoms with van der Waals surface area (Å²) in [5.74, 6) is 6.96. The van der Waals surface area contributed by atoms with Crippen LogP contribution in [-0.2, 0) is 11.4 Å². The van der Waals surface area contributed by atoms with Gasteiger partial charge >= 0.3 is 0 Å². The maximum absolute atomic E-state index is 5.93. The Morgan fingerprint density at radius 1 is 1.00 bits per heavy atom. The third-order valence-electron chi connectivity index (χ3n) is 5.42. The molecule has 0 spiro atoms. The molecule has 4 rings (SSSR count). The van der Waals surface area contributed by atoms with Gasteiger partial charge in [-0.2, -0.15) is 0 Å². The molecule has 1 aliphatic carbocycles. The van der Waals surface area contributed by atoms with Gasteiger partial charge in [-0.05, 0) is 36.5 Å². The zero-order chi connectivity index (χ0) is 19.2. The summed E-state index contributed by atoms with van der Waals surface area (Å²) in [7, 11) is 0. The van der Waals surface area contributed by atoms with E-state index in [1.54, 1.807) is 11.3 Å². The van der Waals surface area contributed by atoms with Crippen molar-refractivity contribution in [3.63, 3.8) is 0 Å². The van der Waals surface area contributed by atoms with E-state index in [-0.39, 0.29) is 6.10 Å². The van der Waals surface area contributed by atoms with Gasteiger partial charge in [0.15, 0.2) is 0 Å². The van der Waals surface area contributed by atoms with E-state index in [9.17, 15) is 0 Å². The molecule has 1 aromatic heterocycles. The summed E-state index contributed by atoms with van der Waals surface area (Å²) in [5.41, 5.74) is 3.25. The van der Waals surface area contributed by atoms with Crippen LogP contribution in [0.15, 0.2) is 60.0 Å². The van der Waals surface area contributed by atoms with Crippen LogP contribution in [0.4, 0.5) is 0 Å². The van der Waals surface area contributed by atoms with Gasteiger partial charge in [-0.25, -0.2) is 10.9 Å². The molecule has 0 radical (unpaired) electrons. The van der Waals surface area contributed by atoms with E-state index in [2.05, 4.69) is 34.6 Å². The summed E-state index contributed by atoms with van der Waals surface area (Å²) in [6.07, 6.45) is 6.21. The summed E-state index contributed by atoms with van der Waals surface area (Å²) in [6, 6.07) is 18.3. The molecule has 2 N–H and O–H groups in total. The third kappa shape index (κ3) is 4.61. The Kier molecular flexibility index (Phi) is 6.37. The molecule has 3 aromatic rings. The van der Waals surface area contributed by atoms with E-state index in [1.807, 2.05) is 30.3 Å². The minimum Gasteiger partial charge on any atom is -0.486 e. The van der Waals surface area contributed by atoms with Crippen molar-refractivity contribution in [2.75, 3.05) is 0 Å². The fourth-order valence-electron chi connectivity index (χ4n) is 3.92. The van der Waals surface area contributed by atoms with E-state index in [0.29, 0.717) is 12.5 Å². The molecular weight excluding hydrogens is 368 g/mol. The van der Waals surface area contributed by atoms with Crippen molar-refractivity contribution in [3.8, 4) is 17.0 Å². The Morgan fingerprint density at radius 2 is 1.75 bits per heavy atom. The van der Waals surface area contributed by atoms with Crippen molar-refractivity contribution in [1.29, 1.82) is 0 Å². The Labute approximate surface area is 170 Å². The Morgan fingerprint density at radius 3 is 2.46 bits per heavy atom. The first-order valence-corrected chi connectivity index (χ1v) is 10.8. The van der Waals surface area contributed by atoms with E-state index in [1.165, 1.54) is 32.1 Å². The van der Waals surface area contributed by atoms with Crippen LogP contribution in [0.25, 0.3) is 11.3 Å². The normalized spacial score (nSPS) is 16.0. The number of hydrogen-bond acceptors (Lipinski definition) is 5. The van der Waals surface area contributed by atoms with Gasteiger partial charge in [-0.15, -0.1) is 11.3 Å². The van der Waals surface area contributed by atoms with Crippen molar-refractivity contribution in [1.82, 2.24) is 4.98 Å². The lowest BCUT2D eigenvalue weighted by Gasteiger charge is -2.28. The van der Waals surface area contributed by atoms with E-state index < -0.39 is 0 Å². The molecule has 0 saturated heterocycles. The number of nitrogens with two attached hydrogens (primary N) is 1. The molecule has 1 unspecified atom stereocenters. The van der Waals surface area contributed by atoms with Gasteiger partial charge in [0.1, 0.15) is 23.5 Å². The smallest absolute Gasteiger partial charge is 0.140 e. The van der Waals surface area contributed by atoms with Gasteiger partial charge < -0.3 is 4.74 Å². The molecule has 2 aromatic carbocycles. The number of benzene rings is 2. The molecule has 5 heteroatoms. The standard InChI is InChI=1S/C23H26N2O2S/c24-27-23(18-9-5-2-6-10-18)19-11-13-20(14-12-19)26-15-22-25-21(16-28-22)17-7-3-1-4-8-17/h1,3-4,7-8,11-14,16,18,23H,2,5-6,9-10,15,24H2. The molecule has 1 aliphatic rings. The lowest BCUT2D eigenvalue weighted by atomic mass is 9.83. The highest BCUT2D eigenvalue weighted by molar-refractivity contribution is 7.09. The Hall–Kier alpha value is -2.21. The number of hydrogen-bond donors (Lipinski definition) is 1. The zero-order valence-corrected chi connectivity index (χ0v) is 16.7.